The number of rotatable bonds is 21. The van der Waals surface area contributed by atoms with Gasteiger partial charge in [-0.25, -0.2) is 0 Å². The fourth-order valence-electron chi connectivity index (χ4n) is 5.16. The molecule has 0 fully saturated rings. The minimum atomic E-state index is -0.268. The standard InChI is InChI=1S/C35H50N2O3S.BrH/c1-3-4-5-6-7-8-9-10-11-12-13-14-15-16-25-40-34-32(29(2)38)18-17-19-33(34)35(39)36-31-22-20-30(21-23-31)27-37-24-26-41-28-37;/h17-24,26H,3-16,25,27-28H2,1-2H3,(H,36,39);1H. The van der Waals surface area contributed by atoms with Crippen LogP contribution in [0.15, 0.2) is 54.1 Å². The second kappa shape index (κ2) is 21.4. The third-order valence-corrected chi connectivity index (χ3v) is 8.38. The van der Waals surface area contributed by atoms with Crippen molar-refractivity contribution in [3.8, 4) is 5.75 Å². The van der Waals surface area contributed by atoms with E-state index in [1.165, 1.54) is 89.5 Å². The number of unbranched alkanes of at least 4 members (excludes halogenated alkanes) is 13. The molecule has 3 rings (SSSR count). The van der Waals surface area contributed by atoms with E-state index in [-0.39, 0.29) is 28.7 Å². The lowest BCUT2D eigenvalue weighted by Crippen LogP contribution is -2.16. The summed E-state index contributed by atoms with van der Waals surface area (Å²) >= 11 is 1.78. The highest BCUT2D eigenvalue weighted by Gasteiger charge is 2.19. The molecule has 1 amide bonds. The van der Waals surface area contributed by atoms with Crippen molar-refractivity contribution in [3.63, 3.8) is 0 Å². The molecule has 1 heterocycles. The first-order chi connectivity index (χ1) is 20.1. The second-order valence-corrected chi connectivity index (χ2v) is 12.0. The maximum atomic E-state index is 13.2. The molecule has 232 valence electrons. The van der Waals surface area contributed by atoms with E-state index in [1.54, 1.807) is 30.0 Å². The van der Waals surface area contributed by atoms with Gasteiger partial charge in [0.1, 0.15) is 5.75 Å². The van der Waals surface area contributed by atoms with Gasteiger partial charge in [-0.15, -0.1) is 28.7 Å². The maximum Gasteiger partial charge on any atom is 0.259 e. The van der Waals surface area contributed by atoms with Gasteiger partial charge < -0.3 is 15.0 Å². The average Bonchev–Trinajstić information content (AvgIpc) is 3.49. The van der Waals surface area contributed by atoms with E-state index in [2.05, 4.69) is 28.7 Å². The fraction of sp³-hybridized carbons (Fsp3) is 0.543. The zero-order chi connectivity index (χ0) is 29.1. The highest BCUT2D eigenvalue weighted by atomic mass is 79.9. The Hall–Kier alpha value is -2.25. The van der Waals surface area contributed by atoms with Crippen molar-refractivity contribution in [2.45, 2.75) is 110 Å². The Balaban J connectivity index is 0.00000616. The van der Waals surface area contributed by atoms with Crippen molar-refractivity contribution in [2.75, 3.05) is 17.8 Å². The summed E-state index contributed by atoms with van der Waals surface area (Å²) in [4.78, 5) is 27.8. The van der Waals surface area contributed by atoms with Crippen molar-refractivity contribution in [1.82, 2.24) is 4.90 Å². The van der Waals surface area contributed by atoms with Crippen molar-refractivity contribution in [2.24, 2.45) is 0 Å². The van der Waals surface area contributed by atoms with Crippen molar-refractivity contribution >= 4 is 46.1 Å². The highest BCUT2D eigenvalue weighted by molar-refractivity contribution is 8.93. The lowest BCUT2D eigenvalue weighted by molar-refractivity contribution is 0.101. The molecule has 0 radical (unpaired) electrons. The van der Waals surface area contributed by atoms with Crippen LogP contribution in [0, 0.1) is 0 Å². The molecule has 0 atom stereocenters. The van der Waals surface area contributed by atoms with E-state index in [1.807, 2.05) is 24.3 Å². The van der Waals surface area contributed by atoms with Gasteiger partial charge in [-0.1, -0.05) is 109 Å². The molecule has 0 bridgehead atoms. The molecule has 0 unspecified atom stereocenters. The Bertz CT molecular complexity index is 1090. The van der Waals surface area contributed by atoms with E-state index in [4.69, 9.17) is 4.74 Å². The summed E-state index contributed by atoms with van der Waals surface area (Å²) in [5, 5.41) is 5.08. The third kappa shape index (κ3) is 13.4. The minimum Gasteiger partial charge on any atom is -0.492 e. The number of hydrogen-bond acceptors (Lipinski definition) is 5. The monoisotopic (exact) mass is 658 g/mol. The molecule has 0 saturated carbocycles. The summed E-state index contributed by atoms with van der Waals surface area (Å²) in [6.45, 7) is 5.13. The SMILES string of the molecule is Br.CCCCCCCCCCCCCCCCOc1c(C(C)=O)cccc1C(=O)Nc1ccc(CN2C=CSC2)cc1. The predicted molar refractivity (Wildman–Crippen MR) is 184 cm³/mol. The number of amides is 1. The number of carbonyl (C=O) groups excluding carboxylic acids is 2. The number of hydrogen-bond donors (Lipinski definition) is 1. The van der Waals surface area contributed by atoms with Crippen LogP contribution in [0.25, 0.3) is 0 Å². The first kappa shape index (κ1) is 35.9. The molecule has 1 N–H and O–H groups in total. The molecule has 5 nitrogen and oxygen atoms in total. The Morgan fingerprint density at radius 1 is 0.810 bits per heavy atom. The molecule has 42 heavy (non-hydrogen) atoms. The van der Waals surface area contributed by atoms with E-state index < -0.39 is 0 Å². The normalized spacial score (nSPS) is 12.3. The number of Topliss-reactive ketones (excluding diaryl/α,β-unsaturated/α-hetero) is 1. The summed E-state index contributed by atoms with van der Waals surface area (Å²) in [5.74, 6) is 0.986. The van der Waals surface area contributed by atoms with Crippen LogP contribution in [0.1, 0.15) is 130 Å². The Labute approximate surface area is 269 Å². The second-order valence-electron chi connectivity index (χ2n) is 11.2. The first-order valence-electron chi connectivity index (χ1n) is 15.8. The van der Waals surface area contributed by atoms with E-state index in [0.29, 0.717) is 23.5 Å². The number of para-hydroxylation sites is 1. The number of nitrogens with one attached hydrogen (secondary N) is 1. The van der Waals surface area contributed by atoms with Crippen LogP contribution < -0.4 is 10.1 Å². The summed E-state index contributed by atoms with van der Waals surface area (Å²) in [6, 6.07) is 13.1. The molecule has 2 aromatic carbocycles. The number of halogens is 1. The van der Waals surface area contributed by atoms with Crippen LogP contribution in [0.2, 0.25) is 0 Å². The third-order valence-electron chi connectivity index (χ3n) is 7.59. The number of anilines is 1. The average molecular weight is 660 g/mol. The van der Waals surface area contributed by atoms with Gasteiger partial charge in [-0.05, 0) is 48.6 Å². The number of ketones is 1. The van der Waals surface area contributed by atoms with Crippen LogP contribution in [0.3, 0.4) is 0 Å². The molecule has 2 aromatic rings. The van der Waals surface area contributed by atoms with Crippen LogP contribution in [-0.4, -0.2) is 29.1 Å². The minimum absolute atomic E-state index is 0. The molecular weight excluding hydrogens is 608 g/mol. The van der Waals surface area contributed by atoms with Gasteiger partial charge in [0, 0.05) is 18.4 Å². The van der Waals surface area contributed by atoms with Crippen molar-refractivity contribution in [1.29, 1.82) is 0 Å². The summed E-state index contributed by atoms with van der Waals surface area (Å²) in [6.07, 6.45) is 20.3. The van der Waals surface area contributed by atoms with Gasteiger partial charge >= 0.3 is 0 Å². The highest BCUT2D eigenvalue weighted by Crippen LogP contribution is 2.27. The number of benzene rings is 2. The fourth-order valence-corrected chi connectivity index (χ4v) is 5.87. The molecular formula is C35H51BrN2O3S. The van der Waals surface area contributed by atoms with Gasteiger partial charge in [0.2, 0.25) is 0 Å². The van der Waals surface area contributed by atoms with Crippen LogP contribution in [0.4, 0.5) is 5.69 Å². The predicted octanol–water partition coefficient (Wildman–Crippen LogP) is 10.6. The summed E-state index contributed by atoms with van der Waals surface area (Å²) in [7, 11) is 0. The van der Waals surface area contributed by atoms with Crippen molar-refractivity contribution < 1.29 is 14.3 Å². The number of nitrogens with zero attached hydrogens (tertiary/aromatic N) is 1. The quantitative estimate of drug-likeness (QED) is 0.107. The van der Waals surface area contributed by atoms with E-state index in [9.17, 15) is 9.59 Å². The lowest BCUT2D eigenvalue weighted by Gasteiger charge is -2.16. The molecule has 7 heteroatoms. The number of carbonyl (C=O) groups is 2. The van der Waals surface area contributed by atoms with Crippen LogP contribution in [-0.2, 0) is 6.54 Å². The number of ether oxygens (including phenoxy) is 1. The van der Waals surface area contributed by atoms with Crippen molar-refractivity contribution in [3.05, 3.63) is 70.8 Å². The molecule has 1 aliphatic heterocycles. The molecule has 0 saturated heterocycles. The van der Waals surface area contributed by atoms with Gasteiger partial charge in [0.05, 0.1) is 23.6 Å². The summed E-state index contributed by atoms with van der Waals surface area (Å²) < 4.78 is 6.09. The molecule has 0 aromatic heterocycles. The topological polar surface area (TPSA) is 58.6 Å². The Kier molecular flexibility index (Phi) is 18.3. The zero-order valence-corrected chi connectivity index (χ0v) is 28.2. The lowest BCUT2D eigenvalue weighted by atomic mass is 10.0. The number of thioether (sulfide) groups is 1. The van der Waals surface area contributed by atoms with E-state index >= 15 is 0 Å². The molecule has 1 aliphatic rings. The van der Waals surface area contributed by atoms with Crippen LogP contribution in [0.5, 0.6) is 5.75 Å². The molecule has 0 aliphatic carbocycles. The first-order valence-corrected chi connectivity index (χ1v) is 16.8. The summed E-state index contributed by atoms with van der Waals surface area (Å²) in [5.41, 5.74) is 2.75. The van der Waals surface area contributed by atoms with Gasteiger partial charge in [0.25, 0.3) is 5.91 Å². The molecule has 0 spiro atoms. The van der Waals surface area contributed by atoms with E-state index in [0.717, 1.165) is 31.0 Å². The van der Waals surface area contributed by atoms with Gasteiger partial charge in [-0.2, -0.15) is 0 Å². The van der Waals surface area contributed by atoms with Crippen LogP contribution >= 0.6 is 28.7 Å². The maximum absolute atomic E-state index is 13.2. The van der Waals surface area contributed by atoms with Gasteiger partial charge in [0.15, 0.2) is 5.78 Å². The Morgan fingerprint density at radius 3 is 1.93 bits per heavy atom. The Morgan fingerprint density at radius 2 is 1.38 bits per heavy atom. The van der Waals surface area contributed by atoms with Gasteiger partial charge in [-0.3, -0.25) is 9.59 Å². The largest absolute Gasteiger partial charge is 0.492 e. The smallest absolute Gasteiger partial charge is 0.259 e. The zero-order valence-electron chi connectivity index (χ0n) is 25.7.